The molecular formula is C23H29N4O2+. The molecule has 6 nitrogen and oxygen atoms in total. The molecule has 152 valence electrons. The second kappa shape index (κ2) is 9.39. The molecule has 6 heteroatoms. The van der Waals surface area contributed by atoms with Gasteiger partial charge in [-0.2, -0.15) is 0 Å². The number of carbonyl (C=O) groups excluding carboxylic acids is 1. The number of amides is 2. The van der Waals surface area contributed by atoms with Crippen molar-refractivity contribution in [2.75, 3.05) is 32.5 Å². The topological polar surface area (TPSA) is 69.6 Å². The lowest BCUT2D eigenvalue weighted by Gasteiger charge is -2.23. The van der Waals surface area contributed by atoms with Crippen LogP contribution in [-0.4, -0.2) is 43.1 Å². The Morgan fingerprint density at radius 3 is 2.59 bits per heavy atom. The first-order chi connectivity index (χ1) is 13.9. The number of quaternary nitrogens is 1. The smallest absolute Gasteiger partial charge is 0.322 e. The first-order valence-corrected chi connectivity index (χ1v) is 9.95. The number of aryl methyl sites for hydroxylation is 1. The van der Waals surface area contributed by atoms with Crippen LogP contribution in [0.4, 0.5) is 10.5 Å². The van der Waals surface area contributed by atoms with E-state index in [4.69, 9.17) is 0 Å². The van der Waals surface area contributed by atoms with Gasteiger partial charge in [0.1, 0.15) is 0 Å². The normalized spacial score (nSPS) is 11.0. The summed E-state index contributed by atoms with van der Waals surface area (Å²) < 4.78 is 0. The van der Waals surface area contributed by atoms with Crippen LogP contribution in [0.5, 0.6) is 0 Å². The van der Waals surface area contributed by atoms with Crippen molar-refractivity contribution in [3.8, 4) is 0 Å². The van der Waals surface area contributed by atoms with Gasteiger partial charge in [-0.25, -0.2) is 4.79 Å². The fourth-order valence-electron chi connectivity index (χ4n) is 3.28. The van der Waals surface area contributed by atoms with Crippen molar-refractivity contribution in [2.45, 2.75) is 19.9 Å². The summed E-state index contributed by atoms with van der Waals surface area (Å²) in [6, 6.07) is 17.0. The van der Waals surface area contributed by atoms with Crippen molar-refractivity contribution in [1.82, 2.24) is 9.88 Å². The highest BCUT2D eigenvalue weighted by molar-refractivity contribution is 5.89. The van der Waals surface area contributed by atoms with E-state index in [2.05, 4.69) is 24.4 Å². The second-order valence-corrected chi connectivity index (χ2v) is 7.74. The molecule has 0 aliphatic rings. The summed E-state index contributed by atoms with van der Waals surface area (Å²) in [7, 11) is 4.18. The molecule has 0 unspecified atom stereocenters. The Hall–Kier alpha value is -3.12. The lowest BCUT2D eigenvalue weighted by molar-refractivity contribution is -0.858. The highest BCUT2D eigenvalue weighted by Crippen LogP contribution is 2.15. The molecule has 0 aliphatic carbocycles. The summed E-state index contributed by atoms with van der Waals surface area (Å²) in [4.78, 5) is 31.5. The summed E-state index contributed by atoms with van der Waals surface area (Å²) in [5, 5.41) is 3.90. The van der Waals surface area contributed by atoms with Gasteiger partial charge in [0.25, 0.3) is 5.56 Å². The Morgan fingerprint density at radius 2 is 1.86 bits per heavy atom. The number of rotatable bonds is 7. The number of fused-ring (bicyclic) bond motifs is 1. The van der Waals surface area contributed by atoms with E-state index in [1.54, 1.807) is 4.90 Å². The number of anilines is 1. The number of aromatic amines is 1. The zero-order valence-corrected chi connectivity index (χ0v) is 17.3. The van der Waals surface area contributed by atoms with E-state index >= 15 is 0 Å². The van der Waals surface area contributed by atoms with Crippen LogP contribution in [-0.2, 0) is 6.54 Å². The number of hydrogen-bond donors (Lipinski definition) is 3. The van der Waals surface area contributed by atoms with Gasteiger partial charge in [-0.15, -0.1) is 0 Å². The number of pyridine rings is 1. The SMILES string of the molecule is Cc1ccc2cc(CN(CCC[NH+](C)C)C(=O)Nc3ccccc3)c(=O)[nH]c2c1. The minimum atomic E-state index is -0.201. The Bertz CT molecular complexity index is 1030. The number of hydrogen-bond acceptors (Lipinski definition) is 2. The van der Waals surface area contributed by atoms with Crippen LogP contribution in [0.2, 0.25) is 0 Å². The number of nitrogens with zero attached hydrogens (tertiary/aromatic N) is 1. The van der Waals surface area contributed by atoms with Crippen molar-refractivity contribution in [3.63, 3.8) is 0 Å². The third-order valence-electron chi connectivity index (χ3n) is 4.86. The molecule has 29 heavy (non-hydrogen) atoms. The van der Waals surface area contributed by atoms with Gasteiger partial charge < -0.3 is 20.1 Å². The maximum atomic E-state index is 12.9. The van der Waals surface area contributed by atoms with E-state index in [-0.39, 0.29) is 18.1 Å². The molecule has 2 amide bonds. The van der Waals surface area contributed by atoms with E-state index in [1.807, 2.05) is 61.5 Å². The molecular weight excluding hydrogens is 364 g/mol. The van der Waals surface area contributed by atoms with Gasteiger partial charge in [0.2, 0.25) is 0 Å². The van der Waals surface area contributed by atoms with Crippen LogP contribution < -0.4 is 15.8 Å². The molecule has 2 aromatic carbocycles. The zero-order chi connectivity index (χ0) is 20.8. The number of nitrogens with one attached hydrogen (secondary N) is 3. The van der Waals surface area contributed by atoms with Crippen LogP contribution in [0.1, 0.15) is 17.5 Å². The molecule has 3 N–H and O–H groups in total. The monoisotopic (exact) mass is 393 g/mol. The lowest BCUT2D eigenvalue weighted by atomic mass is 10.1. The van der Waals surface area contributed by atoms with Crippen LogP contribution in [0.3, 0.4) is 0 Å². The molecule has 1 heterocycles. The number of para-hydroxylation sites is 1. The van der Waals surface area contributed by atoms with Gasteiger partial charge in [-0.1, -0.05) is 30.3 Å². The standard InChI is InChI=1S/C23H28N4O2/c1-17-10-11-18-15-19(22(28)25-21(18)14-17)16-27(13-7-12-26(2)3)23(29)24-20-8-5-4-6-9-20/h4-6,8-11,14-15H,7,12-13,16H2,1-3H3,(H,24,29)(H,25,28)/p+1. The molecule has 3 aromatic rings. The number of benzene rings is 2. The third-order valence-corrected chi connectivity index (χ3v) is 4.86. The molecule has 1 aromatic heterocycles. The largest absolute Gasteiger partial charge is 0.340 e. The van der Waals surface area contributed by atoms with Crippen LogP contribution in [0.25, 0.3) is 10.9 Å². The van der Waals surface area contributed by atoms with Crippen molar-refractivity contribution in [2.24, 2.45) is 0 Å². The predicted molar refractivity (Wildman–Crippen MR) is 117 cm³/mol. The highest BCUT2D eigenvalue weighted by Gasteiger charge is 2.17. The number of carbonyl (C=O) groups is 1. The predicted octanol–water partition coefficient (Wildman–Crippen LogP) is 2.41. The van der Waals surface area contributed by atoms with Crippen molar-refractivity contribution < 1.29 is 9.69 Å². The average Bonchev–Trinajstić information content (AvgIpc) is 2.68. The first-order valence-electron chi connectivity index (χ1n) is 9.95. The Kier molecular flexibility index (Phi) is 6.67. The van der Waals surface area contributed by atoms with Crippen LogP contribution in [0.15, 0.2) is 59.4 Å². The quantitative estimate of drug-likeness (QED) is 0.577. The lowest BCUT2D eigenvalue weighted by Crippen LogP contribution is -3.05. The van der Waals surface area contributed by atoms with E-state index < -0.39 is 0 Å². The minimum absolute atomic E-state index is 0.154. The molecule has 0 bridgehead atoms. The molecule has 0 fully saturated rings. The van der Waals surface area contributed by atoms with Gasteiger partial charge in [0.05, 0.1) is 27.2 Å². The van der Waals surface area contributed by atoms with Gasteiger partial charge in [0, 0.05) is 29.7 Å². The second-order valence-electron chi connectivity index (χ2n) is 7.74. The zero-order valence-electron chi connectivity index (χ0n) is 17.3. The molecule has 0 atom stereocenters. The summed E-state index contributed by atoms with van der Waals surface area (Å²) in [5.41, 5.74) is 3.08. The minimum Gasteiger partial charge on any atom is -0.340 e. The van der Waals surface area contributed by atoms with Gasteiger partial charge in [0.15, 0.2) is 0 Å². The summed E-state index contributed by atoms with van der Waals surface area (Å²) in [6.45, 7) is 3.78. The van der Waals surface area contributed by atoms with Crippen molar-refractivity contribution >= 4 is 22.6 Å². The average molecular weight is 394 g/mol. The van der Waals surface area contributed by atoms with Crippen LogP contribution >= 0.6 is 0 Å². The van der Waals surface area contributed by atoms with Gasteiger partial charge >= 0.3 is 6.03 Å². The fraction of sp³-hybridized carbons (Fsp3) is 0.304. The van der Waals surface area contributed by atoms with E-state index in [0.717, 1.165) is 35.1 Å². The fourth-order valence-corrected chi connectivity index (χ4v) is 3.28. The van der Waals surface area contributed by atoms with Crippen molar-refractivity contribution in [1.29, 1.82) is 0 Å². The Balaban J connectivity index is 1.82. The molecule has 0 saturated carbocycles. The van der Waals surface area contributed by atoms with E-state index in [0.29, 0.717) is 12.1 Å². The summed E-state index contributed by atoms with van der Waals surface area (Å²) in [5.74, 6) is 0. The number of aromatic nitrogens is 1. The number of urea groups is 1. The summed E-state index contributed by atoms with van der Waals surface area (Å²) in [6.07, 6.45) is 0.856. The molecule has 0 spiro atoms. The summed E-state index contributed by atoms with van der Waals surface area (Å²) >= 11 is 0. The highest BCUT2D eigenvalue weighted by atomic mass is 16.2. The Labute approximate surface area is 171 Å². The van der Waals surface area contributed by atoms with Crippen LogP contribution in [0, 0.1) is 6.92 Å². The molecule has 0 radical (unpaired) electrons. The molecule has 3 rings (SSSR count). The van der Waals surface area contributed by atoms with Crippen molar-refractivity contribution in [3.05, 3.63) is 76.1 Å². The van der Waals surface area contributed by atoms with E-state index in [9.17, 15) is 9.59 Å². The van der Waals surface area contributed by atoms with Gasteiger partial charge in [-0.05, 0) is 42.1 Å². The third kappa shape index (κ3) is 5.68. The molecule has 0 saturated heterocycles. The maximum Gasteiger partial charge on any atom is 0.322 e. The first kappa shape index (κ1) is 20.6. The van der Waals surface area contributed by atoms with Gasteiger partial charge in [-0.3, -0.25) is 4.79 Å². The molecule has 0 aliphatic heterocycles. The Morgan fingerprint density at radius 1 is 1.10 bits per heavy atom. The van der Waals surface area contributed by atoms with E-state index in [1.165, 1.54) is 4.90 Å². The number of H-pyrrole nitrogens is 1. The maximum absolute atomic E-state index is 12.9.